The van der Waals surface area contributed by atoms with E-state index >= 15 is 0 Å². The molecule has 0 aromatic carbocycles. The summed E-state index contributed by atoms with van der Waals surface area (Å²) in [7, 11) is 0. The third-order valence-corrected chi connectivity index (χ3v) is 4.44. The van der Waals surface area contributed by atoms with E-state index in [0.717, 1.165) is 38.5 Å². The lowest BCUT2D eigenvalue weighted by Crippen LogP contribution is -2.36. The number of hydrogen-bond acceptors (Lipinski definition) is 3. The van der Waals surface area contributed by atoms with E-state index in [9.17, 15) is 15.0 Å². The van der Waals surface area contributed by atoms with Gasteiger partial charge in [0.25, 0.3) is 0 Å². The lowest BCUT2D eigenvalue weighted by atomic mass is 9.92. The van der Waals surface area contributed by atoms with Crippen LogP contribution < -0.4 is 0 Å². The van der Waals surface area contributed by atoms with Gasteiger partial charge < -0.3 is 15.3 Å². The van der Waals surface area contributed by atoms with Gasteiger partial charge in [0.2, 0.25) is 0 Å². The molecule has 3 unspecified atom stereocenters. The minimum absolute atomic E-state index is 0.417. The maximum Gasteiger partial charge on any atom is 0.309 e. The molecule has 146 valence electrons. The van der Waals surface area contributed by atoms with Crippen LogP contribution in [0, 0.1) is 5.92 Å². The lowest BCUT2D eigenvalue weighted by Gasteiger charge is -2.21. The highest BCUT2D eigenvalue weighted by atomic mass is 16.4. The van der Waals surface area contributed by atoms with Gasteiger partial charge in [0, 0.05) is 0 Å². The maximum atomic E-state index is 11.1. The van der Waals surface area contributed by atoms with Crippen molar-refractivity contribution in [1.29, 1.82) is 0 Å². The number of hydrogen-bond donors (Lipinski definition) is 3. The van der Waals surface area contributed by atoms with E-state index in [2.05, 4.69) is 31.2 Å². The van der Waals surface area contributed by atoms with E-state index in [0.29, 0.717) is 6.42 Å². The van der Waals surface area contributed by atoms with Crippen LogP contribution in [0.4, 0.5) is 0 Å². The quantitative estimate of drug-likeness (QED) is 0.273. The number of carbonyl (C=O) groups is 1. The van der Waals surface area contributed by atoms with Gasteiger partial charge in [0.1, 0.15) is 0 Å². The van der Waals surface area contributed by atoms with Gasteiger partial charge in [-0.05, 0) is 45.4 Å². The average molecular weight is 355 g/mol. The fourth-order valence-corrected chi connectivity index (χ4v) is 2.78. The second-order valence-corrected chi connectivity index (χ2v) is 6.84. The molecule has 0 radical (unpaired) electrons. The summed E-state index contributed by atoms with van der Waals surface area (Å²) in [5.74, 6) is -1.90. The molecule has 0 amide bonds. The van der Waals surface area contributed by atoms with Crippen molar-refractivity contribution in [2.75, 3.05) is 0 Å². The van der Waals surface area contributed by atoms with Crippen molar-refractivity contribution in [2.24, 2.45) is 5.92 Å². The summed E-state index contributed by atoms with van der Waals surface area (Å²) in [5, 5.41) is 28.2. The second kappa shape index (κ2) is 16.3. The van der Waals surface area contributed by atoms with Crippen molar-refractivity contribution in [3.05, 3.63) is 24.3 Å². The molecule has 3 N–H and O–H groups in total. The first-order valence-electron chi connectivity index (χ1n) is 9.89. The van der Waals surface area contributed by atoms with E-state index in [1.807, 2.05) is 0 Å². The molecule has 0 heterocycles. The van der Waals surface area contributed by atoms with Crippen molar-refractivity contribution < 1.29 is 20.1 Å². The summed E-state index contributed by atoms with van der Waals surface area (Å²) >= 11 is 0. The third-order valence-electron chi connectivity index (χ3n) is 4.44. The second-order valence-electron chi connectivity index (χ2n) is 6.84. The lowest BCUT2D eigenvalue weighted by molar-refractivity contribution is -0.149. The van der Waals surface area contributed by atoms with Crippen molar-refractivity contribution >= 4 is 5.97 Å². The Morgan fingerprint density at radius 1 is 0.880 bits per heavy atom. The molecule has 0 aromatic heterocycles. The van der Waals surface area contributed by atoms with Gasteiger partial charge in [-0.15, -0.1) is 0 Å². The van der Waals surface area contributed by atoms with Crippen LogP contribution in [0.3, 0.4) is 0 Å². The topological polar surface area (TPSA) is 77.8 Å². The summed E-state index contributed by atoms with van der Waals surface area (Å²) in [5.41, 5.74) is 0. The standard InChI is InChI=1S/C21H38O4/c1-3-4-5-6-7-8-9-10-11-12-13-14-15-16-17-19(21(24)25)20(23)18(2)22/h7-8,10-11,18-20,22-23H,3-6,9,12-17H2,1-2H3,(H,24,25)/b8-7-,11-10-. The smallest absolute Gasteiger partial charge is 0.309 e. The molecule has 0 aliphatic carbocycles. The highest BCUT2D eigenvalue weighted by molar-refractivity contribution is 5.70. The maximum absolute atomic E-state index is 11.1. The Hall–Kier alpha value is -1.13. The number of rotatable bonds is 16. The van der Waals surface area contributed by atoms with Gasteiger partial charge in [-0.3, -0.25) is 4.79 Å². The largest absolute Gasteiger partial charge is 0.481 e. The van der Waals surface area contributed by atoms with Gasteiger partial charge >= 0.3 is 5.97 Å². The van der Waals surface area contributed by atoms with Gasteiger partial charge in [0.15, 0.2) is 0 Å². The molecule has 0 aliphatic rings. The molecule has 4 nitrogen and oxygen atoms in total. The molecule has 0 aliphatic heterocycles. The van der Waals surface area contributed by atoms with Crippen LogP contribution in [-0.4, -0.2) is 33.5 Å². The number of allylic oxidation sites excluding steroid dienone is 4. The molecular weight excluding hydrogens is 316 g/mol. The van der Waals surface area contributed by atoms with Crippen LogP contribution in [0.15, 0.2) is 24.3 Å². The molecule has 0 rings (SSSR count). The van der Waals surface area contributed by atoms with Crippen LogP contribution in [-0.2, 0) is 4.79 Å². The molecule has 0 aromatic rings. The fourth-order valence-electron chi connectivity index (χ4n) is 2.78. The Balaban J connectivity index is 3.62. The van der Waals surface area contributed by atoms with E-state index in [1.165, 1.54) is 32.6 Å². The Morgan fingerprint density at radius 3 is 1.96 bits per heavy atom. The minimum atomic E-state index is -1.18. The Bertz CT molecular complexity index is 374. The first kappa shape index (κ1) is 23.9. The van der Waals surface area contributed by atoms with Crippen molar-refractivity contribution in [2.45, 2.75) is 96.7 Å². The van der Waals surface area contributed by atoms with Crippen molar-refractivity contribution in [3.8, 4) is 0 Å². The first-order valence-corrected chi connectivity index (χ1v) is 9.89. The SMILES string of the molecule is CCCCC/C=C\C/C=C\CCCCCCC(C(=O)O)C(O)C(C)O. The Morgan fingerprint density at radius 2 is 1.44 bits per heavy atom. The predicted molar refractivity (Wildman–Crippen MR) is 104 cm³/mol. The van der Waals surface area contributed by atoms with Gasteiger partial charge in [-0.25, -0.2) is 0 Å². The van der Waals surface area contributed by atoms with Crippen LogP contribution >= 0.6 is 0 Å². The summed E-state index contributed by atoms with van der Waals surface area (Å²) in [4.78, 5) is 11.1. The summed E-state index contributed by atoms with van der Waals surface area (Å²) < 4.78 is 0. The normalized spacial score (nSPS) is 15.7. The molecule has 0 fully saturated rings. The first-order chi connectivity index (χ1) is 12.0. The average Bonchev–Trinajstić information content (AvgIpc) is 2.57. The summed E-state index contributed by atoms with van der Waals surface area (Å²) in [6, 6.07) is 0. The van der Waals surface area contributed by atoms with E-state index < -0.39 is 24.1 Å². The summed E-state index contributed by atoms with van der Waals surface area (Å²) in [6.07, 6.45) is 18.1. The van der Waals surface area contributed by atoms with Gasteiger partial charge in [-0.1, -0.05) is 63.3 Å². The monoisotopic (exact) mass is 354 g/mol. The van der Waals surface area contributed by atoms with Crippen molar-refractivity contribution in [3.63, 3.8) is 0 Å². The number of unbranched alkanes of at least 4 members (excludes halogenated alkanes) is 7. The molecule has 3 atom stereocenters. The number of aliphatic hydroxyl groups is 2. The van der Waals surface area contributed by atoms with Crippen LogP contribution in [0.5, 0.6) is 0 Å². The number of aliphatic hydroxyl groups excluding tert-OH is 2. The number of carboxylic acid groups (broad SMARTS) is 1. The predicted octanol–water partition coefficient (Wildman–Crippen LogP) is 4.85. The zero-order valence-corrected chi connectivity index (χ0v) is 16.1. The highest BCUT2D eigenvalue weighted by Crippen LogP contribution is 2.18. The Labute approximate surface area is 153 Å². The van der Waals surface area contributed by atoms with Crippen molar-refractivity contribution in [1.82, 2.24) is 0 Å². The van der Waals surface area contributed by atoms with Crippen LogP contribution in [0.2, 0.25) is 0 Å². The molecular formula is C21H38O4. The van der Waals surface area contributed by atoms with Crippen LogP contribution in [0.25, 0.3) is 0 Å². The molecule has 25 heavy (non-hydrogen) atoms. The molecule has 0 spiro atoms. The van der Waals surface area contributed by atoms with Gasteiger partial charge in [-0.2, -0.15) is 0 Å². The van der Waals surface area contributed by atoms with E-state index in [-0.39, 0.29) is 0 Å². The highest BCUT2D eigenvalue weighted by Gasteiger charge is 2.29. The molecule has 0 saturated carbocycles. The summed E-state index contributed by atoms with van der Waals surface area (Å²) in [6.45, 7) is 3.64. The minimum Gasteiger partial charge on any atom is -0.481 e. The fraction of sp³-hybridized carbons (Fsp3) is 0.762. The number of aliphatic carboxylic acids is 1. The molecule has 4 heteroatoms. The zero-order chi connectivity index (χ0) is 18.9. The Kier molecular flexibility index (Phi) is 15.6. The molecule has 0 bridgehead atoms. The van der Waals surface area contributed by atoms with Gasteiger partial charge in [0.05, 0.1) is 18.1 Å². The van der Waals surface area contributed by atoms with Crippen LogP contribution in [0.1, 0.15) is 84.5 Å². The van der Waals surface area contributed by atoms with E-state index in [4.69, 9.17) is 5.11 Å². The zero-order valence-electron chi connectivity index (χ0n) is 16.1. The third kappa shape index (κ3) is 13.8. The molecule has 0 saturated heterocycles. The number of carboxylic acids is 1. The van der Waals surface area contributed by atoms with E-state index in [1.54, 1.807) is 0 Å².